The van der Waals surface area contributed by atoms with Crippen molar-refractivity contribution in [1.29, 1.82) is 0 Å². The van der Waals surface area contributed by atoms with Crippen molar-refractivity contribution in [2.75, 3.05) is 14.1 Å². The fourth-order valence-electron chi connectivity index (χ4n) is 1.64. The average Bonchev–Trinajstić information content (AvgIpc) is 2.26. The number of unbranched alkanes of at least 4 members (excludes halogenated alkanes) is 2. The maximum atomic E-state index is 12.0. The van der Waals surface area contributed by atoms with Gasteiger partial charge in [-0.15, -0.1) is 0 Å². The maximum Gasteiger partial charge on any atom is 0.241 e. The molecule has 0 heterocycles. The Morgan fingerprint density at radius 3 is 2.22 bits per heavy atom. The highest BCUT2D eigenvalue weighted by Crippen LogP contribution is 2.07. The molecule has 1 N–H and O–H groups in total. The normalized spacial score (nSPS) is 15.2. The molecule has 0 aromatic heterocycles. The summed E-state index contributed by atoms with van der Waals surface area (Å²) >= 11 is 0. The zero-order chi connectivity index (χ0) is 14.3. The molecule has 5 nitrogen and oxygen atoms in total. The van der Waals surface area contributed by atoms with Crippen LogP contribution in [-0.4, -0.2) is 44.6 Å². The van der Waals surface area contributed by atoms with Gasteiger partial charge in [-0.3, -0.25) is 4.79 Å². The monoisotopic (exact) mass is 278 g/mol. The fraction of sp³-hybridized carbons (Fsp3) is 0.917. The quantitative estimate of drug-likeness (QED) is 0.682. The Hall–Kier alpha value is -0.620. The van der Waals surface area contributed by atoms with Crippen molar-refractivity contribution in [3.8, 4) is 0 Å². The Bertz CT molecular complexity index is 352. The molecule has 0 aliphatic rings. The Morgan fingerprint density at radius 1 is 1.22 bits per heavy atom. The molecule has 18 heavy (non-hydrogen) atoms. The first-order valence-electron chi connectivity index (χ1n) is 6.44. The van der Waals surface area contributed by atoms with E-state index in [1.165, 1.54) is 11.8 Å². The minimum absolute atomic E-state index is 0.126. The lowest BCUT2D eigenvalue weighted by molar-refractivity contribution is -0.127. The summed E-state index contributed by atoms with van der Waals surface area (Å²) in [6, 6.07) is -0.126. The van der Waals surface area contributed by atoms with Crippen LogP contribution in [-0.2, 0) is 14.8 Å². The lowest BCUT2D eigenvalue weighted by atomic mass is 10.1. The van der Waals surface area contributed by atoms with E-state index in [0.29, 0.717) is 0 Å². The lowest BCUT2D eigenvalue weighted by Crippen LogP contribution is -2.45. The van der Waals surface area contributed by atoms with Crippen molar-refractivity contribution in [3.05, 3.63) is 0 Å². The standard InChI is InChI=1S/C12H26N2O3S/c1-6-7-8-9-10(2)13-18(16,17)11(3)12(15)14(4)5/h10-11,13H,6-9H2,1-5H3. The van der Waals surface area contributed by atoms with Gasteiger partial charge in [0.05, 0.1) is 0 Å². The van der Waals surface area contributed by atoms with Crippen molar-refractivity contribution in [1.82, 2.24) is 9.62 Å². The van der Waals surface area contributed by atoms with Crippen molar-refractivity contribution in [3.63, 3.8) is 0 Å². The lowest BCUT2D eigenvalue weighted by Gasteiger charge is -2.20. The van der Waals surface area contributed by atoms with E-state index in [-0.39, 0.29) is 6.04 Å². The van der Waals surface area contributed by atoms with E-state index >= 15 is 0 Å². The topological polar surface area (TPSA) is 66.5 Å². The zero-order valence-corrected chi connectivity index (χ0v) is 12.9. The molecule has 6 heteroatoms. The summed E-state index contributed by atoms with van der Waals surface area (Å²) < 4.78 is 26.5. The van der Waals surface area contributed by atoms with Crippen molar-refractivity contribution in [2.24, 2.45) is 0 Å². The molecule has 0 saturated carbocycles. The van der Waals surface area contributed by atoms with Crippen LogP contribution in [0.3, 0.4) is 0 Å². The van der Waals surface area contributed by atoms with Crippen LogP contribution in [0.5, 0.6) is 0 Å². The van der Waals surface area contributed by atoms with E-state index in [0.717, 1.165) is 25.7 Å². The van der Waals surface area contributed by atoms with Crippen molar-refractivity contribution < 1.29 is 13.2 Å². The van der Waals surface area contributed by atoms with Gasteiger partial charge in [-0.1, -0.05) is 26.2 Å². The SMILES string of the molecule is CCCCCC(C)NS(=O)(=O)C(C)C(=O)N(C)C. The van der Waals surface area contributed by atoms with Gasteiger partial charge < -0.3 is 4.90 Å². The van der Waals surface area contributed by atoms with E-state index in [2.05, 4.69) is 11.6 Å². The van der Waals surface area contributed by atoms with E-state index in [1.807, 2.05) is 6.92 Å². The van der Waals surface area contributed by atoms with Crippen LogP contribution in [0, 0.1) is 0 Å². The number of carbonyl (C=O) groups excluding carboxylic acids is 1. The second-order valence-corrected chi connectivity index (χ2v) is 6.97. The number of sulfonamides is 1. The molecule has 0 aromatic carbocycles. The number of nitrogens with zero attached hydrogens (tertiary/aromatic N) is 1. The molecule has 2 unspecified atom stereocenters. The molecule has 0 fully saturated rings. The van der Waals surface area contributed by atoms with E-state index in [4.69, 9.17) is 0 Å². The second kappa shape index (κ2) is 7.74. The summed E-state index contributed by atoms with van der Waals surface area (Å²) in [4.78, 5) is 12.9. The van der Waals surface area contributed by atoms with E-state index < -0.39 is 21.2 Å². The number of amides is 1. The molecule has 108 valence electrons. The molecule has 2 atom stereocenters. The van der Waals surface area contributed by atoms with E-state index in [9.17, 15) is 13.2 Å². The van der Waals surface area contributed by atoms with Crippen molar-refractivity contribution >= 4 is 15.9 Å². The van der Waals surface area contributed by atoms with Gasteiger partial charge in [0.25, 0.3) is 0 Å². The van der Waals surface area contributed by atoms with Crippen LogP contribution >= 0.6 is 0 Å². The minimum Gasteiger partial charge on any atom is -0.348 e. The molecule has 0 bridgehead atoms. The molecule has 0 saturated heterocycles. The predicted octanol–water partition coefficient (Wildman–Crippen LogP) is 1.35. The van der Waals surface area contributed by atoms with Crippen molar-refractivity contribution in [2.45, 2.75) is 57.7 Å². The van der Waals surface area contributed by atoms with Gasteiger partial charge >= 0.3 is 0 Å². The van der Waals surface area contributed by atoms with E-state index in [1.54, 1.807) is 14.1 Å². The van der Waals surface area contributed by atoms with Crippen LogP contribution in [0.2, 0.25) is 0 Å². The van der Waals surface area contributed by atoms with Gasteiger partial charge in [-0.05, 0) is 20.3 Å². The first-order valence-corrected chi connectivity index (χ1v) is 7.99. The van der Waals surface area contributed by atoms with Gasteiger partial charge in [0.1, 0.15) is 0 Å². The van der Waals surface area contributed by atoms with Gasteiger partial charge in [0.2, 0.25) is 15.9 Å². The molecular weight excluding hydrogens is 252 g/mol. The number of nitrogens with one attached hydrogen (secondary N) is 1. The first-order chi connectivity index (χ1) is 8.22. The van der Waals surface area contributed by atoms with Gasteiger partial charge in [0.15, 0.2) is 5.25 Å². The Labute approximate surface area is 111 Å². The molecule has 0 rings (SSSR count). The van der Waals surface area contributed by atoms with Crippen LogP contribution in [0.4, 0.5) is 0 Å². The predicted molar refractivity (Wildman–Crippen MR) is 73.8 cm³/mol. The minimum atomic E-state index is -3.58. The highest BCUT2D eigenvalue weighted by molar-refractivity contribution is 7.90. The van der Waals surface area contributed by atoms with Gasteiger partial charge in [-0.25, -0.2) is 13.1 Å². The molecule has 0 aliphatic carbocycles. The largest absolute Gasteiger partial charge is 0.348 e. The number of rotatable bonds is 8. The average molecular weight is 278 g/mol. The highest BCUT2D eigenvalue weighted by atomic mass is 32.2. The third-order valence-electron chi connectivity index (χ3n) is 2.86. The summed E-state index contributed by atoms with van der Waals surface area (Å²) in [6.07, 6.45) is 4.00. The van der Waals surface area contributed by atoms with Gasteiger partial charge in [-0.2, -0.15) is 0 Å². The number of hydrogen-bond acceptors (Lipinski definition) is 3. The Kier molecular flexibility index (Phi) is 7.47. The molecule has 0 aliphatic heterocycles. The maximum absolute atomic E-state index is 12.0. The van der Waals surface area contributed by atoms with Gasteiger partial charge in [0, 0.05) is 20.1 Å². The summed E-state index contributed by atoms with van der Waals surface area (Å²) in [7, 11) is -0.473. The third kappa shape index (κ3) is 5.82. The van der Waals surface area contributed by atoms with Crippen LogP contribution in [0.25, 0.3) is 0 Å². The highest BCUT2D eigenvalue weighted by Gasteiger charge is 2.29. The first kappa shape index (κ1) is 17.4. The third-order valence-corrected chi connectivity index (χ3v) is 4.72. The van der Waals surface area contributed by atoms with Crippen LogP contribution < -0.4 is 4.72 Å². The Morgan fingerprint density at radius 2 is 1.78 bits per heavy atom. The smallest absolute Gasteiger partial charge is 0.241 e. The number of hydrogen-bond donors (Lipinski definition) is 1. The fourth-order valence-corrected chi connectivity index (χ4v) is 3.00. The molecule has 0 aromatic rings. The Balaban J connectivity index is 4.42. The van der Waals surface area contributed by atoms with Crippen LogP contribution in [0.15, 0.2) is 0 Å². The molecule has 0 spiro atoms. The molecule has 1 amide bonds. The molecule has 0 radical (unpaired) electrons. The van der Waals surface area contributed by atoms with Crippen LogP contribution in [0.1, 0.15) is 46.5 Å². The molecular formula is C12H26N2O3S. The summed E-state index contributed by atoms with van der Waals surface area (Å²) in [5.41, 5.74) is 0. The summed E-state index contributed by atoms with van der Waals surface area (Å²) in [5, 5.41) is -1.04. The number of carbonyl (C=O) groups is 1. The zero-order valence-electron chi connectivity index (χ0n) is 12.1. The second-order valence-electron chi connectivity index (χ2n) is 4.93. The summed E-state index contributed by atoms with van der Waals surface area (Å²) in [5.74, 6) is -0.400. The summed E-state index contributed by atoms with van der Waals surface area (Å²) in [6.45, 7) is 5.36.